The van der Waals surface area contributed by atoms with Crippen LogP contribution in [0.5, 0.6) is 5.75 Å². The Balaban J connectivity index is 2.69. The molecule has 0 aliphatic carbocycles. The van der Waals surface area contributed by atoms with Gasteiger partial charge in [0, 0.05) is 6.08 Å². The summed E-state index contributed by atoms with van der Waals surface area (Å²) in [7, 11) is 1.57. The number of carbonyl (C=O) groups excluding carboxylic acids is 1. The normalized spacial score (nSPS) is 10.9. The van der Waals surface area contributed by atoms with Crippen molar-refractivity contribution in [1.82, 2.24) is 0 Å². The second-order valence-corrected chi connectivity index (χ2v) is 3.07. The largest absolute Gasteiger partial charge is 0.495 e. The minimum Gasteiger partial charge on any atom is -0.495 e. The number of methoxy groups -OCH3 is 1. The van der Waals surface area contributed by atoms with E-state index in [9.17, 15) is 4.79 Å². The first-order chi connectivity index (χ1) is 7.77. The van der Waals surface area contributed by atoms with Crippen molar-refractivity contribution in [2.24, 2.45) is 0 Å². The predicted molar refractivity (Wildman–Crippen MR) is 65.6 cm³/mol. The van der Waals surface area contributed by atoms with Crippen LogP contribution in [0.4, 0.5) is 5.69 Å². The number of anilines is 1. The van der Waals surface area contributed by atoms with Crippen molar-refractivity contribution in [2.45, 2.75) is 6.92 Å². The van der Waals surface area contributed by atoms with Crippen LogP contribution in [-0.2, 0) is 4.79 Å². The summed E-state index contributed by atoms with van der Waals surface area (Å²) in [6.07, 6.45) is 6.80. The van der Waals surface area contributed by atoms with Gasteiger partial charge in [-0.05, 0) is 19.1 Å². The van der Waals surface area contributed by atoms with Gasteiger partial charge in [0.15, 0.2) is 0 Å². The van der Waals surface area contributed by atoms with Gasteiger partial charge in [-0.15, -0.1) is 0 Å². The van der Waals surface area contributed by atoms with E-state index in [0.29, 0.717) is 11.4 Å². The highest BCUT2D eigenvalue weighted by molar-refractivity contribution is 6.00. The van der Waals surface area contributed by atoms with Crippen molar-refractivity contribution in [1.29, 1.82) is 0 Å². The van der Waals surface area contributed by atoms with Crippen molar-refractivity contribution >= 4 is 11.6 Å². The second-order valence-electron chi connectivity index (χ2n) is 3.07. The number of benzene rings is 1. The molecule has 16 heavy (non-hydrogen) atoms. The third kappa shape index (κ3) is 3.61. The van der Waals surface area contributed by atoms with E-state index in [4.69, 9.17) is 4.74 Å². The van der Waals surface area contributed by atoms with Crippen molar-refractivity contribution < 1.29 is 9.53 Å². The molecule has 1 N–H and O–H groups in total. The van der Waals surface area contributed by atoms with Crippen LogP contribution in [-0.4, -0.2) is 13.0 Å². The number of ether oxygens (including phenoxy) is 1. The number of hydrogen-bond donors (Lipinski definition) is 1. The first-order valence-electron chi connectivity index (χ1n) is 5.01. The molecular weight excluding hydrogens is 202 g/mol. The molecule has 0 atom stereocenters. The lowest BCUT2D eigenvalue weighted by Crippen LogP contribution is -2.08. The Morgan fingerprint density at radius 2 is 2.06 bits per heavy atom. The Morgan fingerprint density at radius 3 is 2.75 bits per heavy atom. The number of amides is 1. The summed E-state index contributed by atoms with van der Waals surface area (Å²) in [6, 6.07) is 7.28. The molecule has 3 heteroatoms. The topological polar surface area (TPSA) is 38.3 Å². The fraction of sp³-hybridized carbons (Fsp3) is 0.154. The molecule has 0 heterocycles. The average Bonchev–Trinajstić information content (AvgIpc) is 2.30. The second kappa shape index (κ2) is 6.45. The van der Waals surface area contributed by atoms with E-state index in [1.165, 1.54) is 6.08 Å². The predicted octanol–water partition coefficient (Wildman–Crippen LogP) is 2.77. The monoisotopic (exact) mass is 217 g/mol. The van der Waals surface area contributed by atoms with E-state index in [0.717, 1.165) is 0 Å². The van der Waals surface area contributed by atoms with Gasteiger partial charge >= 0.3 is 0 Å². The van der Waals surface area contributed by atoms with E-state index < -0.39 is 0 Å². The zero-order valence-corrected chi connectivity index (χ0v) is 9.44. The van der Waals surface area contributed by atoms with Crippen LogP contribution < -0.4 is 10.1 Å². The molecule has 0 bridgehead atoms. The molecule has 0 unspecified atom stereocenters. The molecule has 0 saturated carbocycles. The van der Waals surface area contributed by atoms with Crippen LogP contribution in [0.25, 0.3) is 0 Å². The van der Waals surface area contributed by atoms with Gasteiger partial charge in [0.05, 0.1) is 12.8 Å². The van der Waals surface area contributed by atoms with Gasteiger partial charge in [-0.1, -0.05) is 30.4 Å². The van der Waals surface area contributed by atoms with Crippen molar-refractivity contribution in [3.05, 3.63) is 48.6 Å². The highest BCUT2D eigenvalue weighted by atomic mass is 16.5. The summed E-state index contributed by atoms with van der Waals surface area (Å²) in [4.78, 5) is 11.5. The first kappa shape index (κ1) is 12.0. The van der Waals surface area contributed by atoms with Gasteiger partial charge in [-0.2, -0.15) is 0 Å². The van der Waals surface area contributed by atoms with Crippen molar-refractivity contribution in [3.63, 3.8) is 0 Å². The molecule has 0 spiro atoms. The summed E-state index contributed by atoms with van der Waals surface area (Å²) in [6.45, 7) is 1.89. The number of para-hydroxylation sites is 2. The number of allylic oxidation sites excluding steroid dienone is 3. The Kier molecular flexibility index (Phi) is 4.86. The third-order valence-corrected chi connectivity index (χ3v) is 1.92. The van der Waals surface area contributed by atoms with Gasteiger partial charge < -0.3 is 10.1 Å². The zero-order valence-electron chi connectivity index (χ0n) is 9.44. The van der Waals surface area contributed by atoms with Gasteiger partial charge in [0.1, 0.15) is 5.75 Å². The van der Waals surface area contributed by atoms with Crippen LogP contribution in [0.2, 0.25) is 0 Å². The van der Waals surface area contributed by atoms with E-state index in [-0.39, 0.29) is 5.91 Å². The number of nitrogens with one attached hydrogen (secondary N) is 1. The summed E-state index contributed by atoms with van der Waals surface area (Å²) in [5.41, 5.74) is 0.667. The summed E-state index contributed by atoms with van der Waals surface area (Å²) < 4.78 is 5.12. The van der Waals surface area contributed by atoms with Gasteiger partial charge in [0.25, 0.3) is 0 Å². The fourth-order valence-corrected chi connectivity index (χ4v) is 1.18. The van der Waals surface area contributed by atoms with Crippen LogP contribution >= 0.6 is 0 Å². The standard InChI is InChI=1S/C13H15NO2/c1-3-4-5-10-13(15)14-11-8-6-7-9-12(11)16-2/h3-10H,1-2H3,(H,14,15)/b4-3+,10-5-. The molecule has 3 nitrogen and oxygen atoms in total. The third-order valence-electron chi connectivity index (χ3n) is 1.92. The Hall–Kier alpha value is -2.03. The van der Waals surface area contributed by atoms with Gasteiger partial charge in [-0.3, -0.25) is 4.79 Å². The lowest BCUT2D eigenvalue weighted by atomic mass is 10.3. The Morgan fingerprint density at radius 1 is 1.31 bits per heavy atom. The zero-order chi connectivity index (χ0) is 11.8. The number of carbonyl (C=O) groups is 1. The van der Waals surface area contributed by atoms with Crippen LogP contribution in [0.1, 0.15) is 6.92 Å². The molecule has 0 radical (unpaired) electrons. The molecule has 1 amide bonds. The smallest absolute Gasteiger partial charge is 0.248 e. The van der Waals surface area contributed by atoms with E-state index >= 15 is 0 Å². The summed E-state index contributed by atoms with van der Waals surface area (Å²) in [5, 5.41) is 2.74. The van der Waals surface area contributed by atoms with Crippen LogP contribution in [0.15, 0.2) is 48.6 Å². The van der Waals surface area contributed by atoms with E-state index in [1.807, 2.05) is 25.1 Å². The fourth-order valence-electron chi connectivity index (χ4n) is 1.18. The molecule has 0 aliphatic heterocycles. The number of hydrogen-bond acceptors (Lipinski definition) is 2. The van der Waals surface area contributed by atoms with E-state index in [2.05, 4.69) is 5.32 Å². The molecule has 0 saturated heterocycles. The number of rotatable bonds is 4. The lowest BCUT2D eigenvalue weighted by molar-refractivity contribution is -0.111. The minimum absolute atomic E-state index is 0.178. The maximum Gasteiger partial charge on any atom is 0.248 e. The first-order valence-corrected chi connectivity index (χ1v) is 5.01. The molecule has 0 aliphatic rings. The molecular formula is C13H15NO2. The lowest BCUT2D eigenvalue weighted by Gasteiger charge is -2.07. The molecule has 0 fully saturated rings. The maximum atomic E-state index is 11.5. The highest BCUT2D eigenvalue weighted by Crippen LogP contribution is 2.22. The maximum absolute atomic E-state index is 11.5. The van der Waals surface area contributed by atoms with Crippen LogP contribution in [0.3, 0.4) is 0 Å². The van der Waals surface area contributed by atoms with Crippen LogP contribution in [0, 0.1) is 0 Å². The summed E-state index contributed by atoms with van der Waals surface area (Å²) >= 11 is 0. The molecule has 84 valence electrons. The Labute approximate surface area is 95.4 Å². The van der Waals surface area contributed by atoms with E-state index in [1.54, 1.807) is 31.4 Å². The van der Waals surface area contributed by atoms with Crippen molar-refractivity contribution in [3.8, 4) is 5.75 Å². The summed E-state index contributed by atoms with van der Waals surface area (Å²) in [5.74, 6) is 0.470. The highest BCUT2D eigenvalue weighted by Gasteiger charge is 2.02. The molecule has 1 rings (SSSR count). The molecule has 1 aromatic rings. The molecule has 0 aromatic heterocycles. The van der Waals surface area contributed by atoms with Gasteiger partial charge in [0.2, 0.25) is 5.91 Å². The van der Waals surface area contributed by atoms with Gasteiger partial charge in [-0.25, -0.2) is 0 Å². The quantitative estimate of drug-likeness (QED) is 0.622. The average molecular weight is 217 g/mol. The SMILES string of the molecule is C/C=C/C=C\C(=O)Nc1ccccc1OC. The molecule has 1 aromatic carbocycles. The van der Waals surface area contributed by atoms with Crippen molar-refractivity contribution in [2.75, 3.05) is 12.4 Å². The Bertz CT molecular complexity index is 408. The minimum atomic E-state index is -0.178.